The first-order valence-corrected chi connectivity index (χ1v) is 21.9. The first kappa shape index (κ1) is 46.0. The molecule has 0 bridgehead atoms. The molecule has 1 heteroatoms. The molecular weight excluding hydrogens is 567 g/mol. The topological polar surface area (TPSA) is 23.8 Å². The fraction of sp³-hybridized carbons (Fsp3) is 0.891. The highest BCUT2D eigenvalue weighted by molar-refractivity contribution is 4.98. The molecule has 0 aromatic carbocycles. The summed E-state index contributed by atoms with van der Waals surface area (Å²) in [6.07, 6.45) is 57.3. The van der Waals surface area contributed by atoms with Crippen molar-refractivity contribution in [2.24, 2.45) is 5.41 Å². The van der Waals surface area contributed by atoms with Gasteiger partial charge in [-0.3, -0.25) is 0 Å². The molecule has 0 aliphatic heterocycles. The smallest absolute Gasteiger partial charge is 0.0689 e. The highest BCUT2D eigenvalue weighted by Crippen LogP contribution is 2.36. The van der Waals surface area contributed by atoms with Gasteiger partial charge in [-0.2, -0.15) is 5.26 Å². The van der Waals surface area contributed by atoms with Crippen LogP contribution in [0.5, 0.6) is 0 Å². The number of allylic oxidation sites excluding steroid dienone is 2. The van der Waals surface area contributed by atoms with Crippen molar-refractivity contribution in [2.45, 2.75) is 257 Å². The number of hydrogen-bond acceptors (Lipinski definition) is 1. The van der Waals surface area contributed by atoms with E-state index in [-0.39, 0.29) is 5.41 Å². The van der Waals surface area contributed by atoms with E-state index in [2.05, 4.69) is 38.3 Å². The van der Waals surface area contributed by atoms with Gasteiger partial charge in [0.25, 0.3) is 0 Å². The molecule has 0 saturated carbocycles. The van der Waals surface area contributed by atoms with E-state index in [0.29, 0.717) is 0 Å². The lowest BCUT2D eigenvalue weighted by molar-refractivity contribution is 0.277. The largest absolute Gasteiger partial charge is 0.198 e. The molecular formula is C46H87N. The molecule has 1 nitrogen and oxygen atoms in total. The maximum Gasteiger partial charge on any atom is 0.0689 e. The summed E-state index contributed by atoms with van der Waals surface area (Å²) in [5.41, 5.74) is -0.0347. The third-order valence-electron chi connectivity index (χ3n) is 10.9. The van der Waals surface area contributed by atoms with Crippen molar-refractivity contribution in [2.75, 3.05) is 0 Å². The second-order valence-corrected chi connectivity index (χ2v) is 15.5. The van der Waals surface area contributed by atoms with Gasteiger partial charge in [0.1, 0.15) is 0 Å². The van der Waals surface area contributed by atoms with Crippen LogP contribution in [0.15, 0.2) is 25.3 Å². The molecule has 0 aromatic heterocycles. The van der Waals surface area contributed by atoms with Gasteiger partial charge >= 0.3 is 0 Å². The molecule has 0 N–H and O–H groups in total. The monoisotopic (exact) mass is 654 g/mol. The van der Waals surface area contributed by atoms with Crippen molar-refractivity contribution in [1.29, 1.82) is 5.26 Å². The van der Waals surface area contributed by atoms with Gasteiger partial charge in [-0.1, -0.05) is 225 Å². The van der Waals surface area contributed by atoms with E-state index in [1.807, 2.05) is 0 Å². The molecule has 0 fully saturated rings. The number of rotatable bonds is 41. The molecule has 0 amide bonds. The molecule has 0 atom stereocenters. The highest BCUT2D eigenvalue weighted by atomic mass is 14.4. The zero-order chi connectivity index (χ0) is 34.2. The summed E-state index contributed by atoms with van der Waals surface area (Å²) in [4.78, 5) is 0. The second kappa shape index (κ2) is 39.4. The van der Waals surface area contributed by atoms with Gasteiger partial charge < -0.3 is 0 Å². The summed E-state index contributed by atoms with van der Waals surface area (Å²) >= 11 is 0. The van der Waals surface area contributed by atoms with E-state index in [0.717, 1.165) is 19.3 Å². The summed E-state index contributed by atoms with van der Waals surface area (Å²) in [5, 5.41) is 10.2. The molecule has 276 valence electrons. The lowest BCUT2D eigenvalue weighted by atomic mass is 9.75. The van der Waals surface area contributed by atoms with Crippen LogP contribution in [0.4, 0.5) is 0 Å². The minimum Gasteiger partial charge on any atom is -0.198 e. The van der Waals surface area contributed by atoms with E-state index < -0.39 is 0 Å². The van der Waals surface area contributed by atoms with Crippen molar-refractivity contribution in [3.63, 3.8) is 0 Å². The van der Waals surface area contributed by atoms with Crippen molar-refractivity contribution >= 4 is 0 Å². The van der Waals surface area contributed by atoms with E-state index in [4.69, 9.17) is 0 Å². The van der Waals surface area contributed by atoms with E-state index in [9.17, 15) is 5.26 Å². The van der Waals surface area contributed by atoms with Crippen LogP contribution < -0.4 is 0 Å². The predicted octanol–water partition coefficient (Wildman–Crippen LogP) is 17.1. The lowest BCUT2D eigenvalue weighted by Crippen LogP contribution is -2.19. The van der Waals surface area contributed by atoms with Crippen LogP contribution in [-0.4, -0.2) is 0 Å². The van der Waals surface area contributed by atoms with Gasteiger partial charge in [-0.15, -0.1) is 13.2 Å². The van der Waals surface area contributed by atoms with Crippen LogP contribution >= 0.6 is 0 Å². The summed E-state index contributed by atoms with van der Waals surface area (Å²) < 4.78 is 0. The average Bonchev–Trinajstić information content (AvgIpc) is 3.09. The molecule has 47 heavy (non-hydrogen) atoms. The van der Waals surface area contributed by atoms with Gasteiger partial charge in [0.05, 0.1) is 11.5 Å². The Balaban J connectivity index is 3.68. The Morgan fingerprint density at radius 3 is 0.787 bits per heavy atom. The summed E-state index contributed by atoms with van der Waals surface area (Å²) in [6, 6.07) is 2.86. The van der Waals surface area contributed by atoms with Crippen LogP contribution in [0.3, 0.4) is 0 Å². The number of nitriles is 1. The highest BCUT2D eigenvalue weighted by Gasteiger charge is 2.28. The third kappa shape index (κ3) is 34.6. The van der Waals surface area contributed by atoms with E-state index in [1.165, 1.54) is 231 Å². The average molecular weight is 654 g/mol. The molecule has 0 aliphatic rings. The van der Waals surface area contributed by atoms with Crippen LogP contribution in [-0.2, 0) is 0 Å². The zero-order valence-electron chi connectivity index (χ0n) is 32.6. The number of nitrogens with zero attached hydrogens (tertiary/aromatic N) is 1. The Morgan fingerprint density at radius 2 is 0.574 bits per heavy atom. The Bertz CT molecular complexity index is 612. The van der Waals surface area contributed by atoms with Gasteiger partial charge in [0.15, 0.2) is 0 Å². The molecule has 0 heterocycles. The second-order valence-electron chi connectivity index (χ2n) is 15.5. The first-order chi connectivity index (χ1) is 23.2. The van der Waals surface area contributed by atoms with E-state index in [1.54, 1.807) is 0 Å². The molecule has 0 unspecified atom stereocenters. The molecule has 0 rings (SSSR count). The molecule has 0 spiro atoms. The minimum atomic E-state index is -0.0347. The van der Waals surface area contributed by atoms with Crippen LogP contribution in [0.25, 0.3) is 0 Å². The van der Waals surface area contributed by atoms with Crippen molar-refractivity contribution < 1.29 is 0 Å². The van der Waals surface area contributed by atoms with Crippen LogP contribution in [0.1, 0.15) is 257 Å². The van der Waals surface area contributed by atoms with Gasteiger partial charge in [-0.25, -0.2) is 0 Å². The summed E-state index contributed by atoms with van der Waals surface area (Å²) in [6.45, 7) is 9.90. The van der Waals surface area contributed by atoms with E-state index >= 15 is 0 Å². The molecule has 0 saturated heterocycles. The fourth-order valence-electron chi connectivity index (χ4n) is 7.51. The molecule has 0 aromatic rings. The standard InChI is InChI=1S/C46H87N/c1-4-7-10-12-14-16-18-20-22-24-26-28-30-32-34-36-38-40-43-46(45-47,42-9-6-3)44-41-39-37-35-33-31-29-27-25-23-21-19-17-15-13-11-8-5-2/h4-5H,1-2,6-44H2,3H3. The van der Waals surface area contributed by atoms with Gasteiger partial charge in [0.2, 0.25) is 0 Å². The van der Waals surface area contributed by atoms with Crippen LogP contribution in [0.2, 0.25) is 0 Å². The summed E-state index contributed by atoms with van der Waals surface area (Å²) in [7, 11) is 0. The maximum atomic E-state index is 10.2. The SMILES string of the molecule is C=CCCCCCCCCCCCCCCCCCCC(C#N)(CCCC)CCCCCCCCCCCCCCCCCCC=C. The Hall–Kier alpha value is -1.03. The maximum absolute atomic E-state index is 10.2. The third-order valence-corrected chi connectivity index (χ3v) is 10.9. The van der Waals surface area contributed by atoms with Gasteiger partial charge in [-0.05, 0) is 44.9 Å². The summed E-state index contributed by atoms with van der Waals surface area (Å²) in [5.74, 6) is 0. The lowest BCUT2D eigenvalue weighted by Gasteiger charge is -2.27. The first-order valence-electron chi connectivity index (χ1n) is 21.9. The molecule has 0 radical (unpaired) electrons. The quantitative estimate of drug-likeness (QED) is 0.0476. The van der Waals surface area contributed by atoms with Crippen molar-refractivity contribution in [3.8, 4) is 6.07 Å². The minimum absolute atomic E-state index is 0.0347. The number of hydrogen-bond donors (Lipinski definition) is 0. The Morgan fingerprint density at radius 1 is 0.362 bits per heavy atom. The van der Waals surface area contributed by atoms with Crippen LogP contribution in [0, 0.1) is 16.7 Å². The normalized spacial score (nSPS) is 11.6. The Labute approximate surface area is 298 Å². The number of unbranched alkanes of at least 4 members (excludes halogenated alkanes) is 33. The van der Waals surface area contributed by atoms with Crippen molar-refractivity contribution in [3.05, 3.63) is 25.3 Å². The van der Waals surface area contributed by atoms with Gasteiger partial charge in [0, 0.05) is 0 Å². The fourth-order valence-corrected chi connectivity index (χ4v) is 7.51. The Kier molecular flexibility index (Phi) is 38.5. The van der Waals surface area contributed by atoms with Crippen molar-refractivity contribution in [1.82, 2.24) is 0 Å². The zero-order valence-corrected chi connectivity index (χ0v) is 32.6. The molecule has 0 aliphatic carbocycles. The predicted molar refractivity (Wildman–Crippen MR) is 214 cm³/mol.